The maximum Gasteiger partial charge on any atom is 0.244 e. The summed E-state index contributed by atoms with van der Waals surface area (Å²) in [5.74, 6) is -0.0174. The van der Waals surface area contributed by atoms with Gasteiger partial charge in [0.15, 0.2) is 9.84 Å². The molecule has 20 heavy (non-hydrogen) atoms. The molecule has 1 aromatic carbocycles. The summed E-state index contributed by atoms with van der Waals surface area (Å²) in [5, 5.41) is 3.68. The first kappa shape index (κ1) is 13.9. The molecule has 0 radical (unpaired) electrons. The summed E-state index contributed by atoms with van der Waals surface area (Å²) < 4.78 is 23.7. The average molecular weight is 315 g/mol. The van der Waals surface area contributed by atoms with Crippen molar-refractivity contribution < 1.29 is 13.2 Å². The minimum atomic E-state index is -3.11. The Morgan fingerprint density at radius 3 is 2.55 bits per heavy atom. The number of nitrogens with zero attached hydrogens (tertiary/aromatic N) is 1. The molecule has 7 heteroatoms. The molecule has 0 saturated carbocycles. The monoisotopic (exact) mass is 314 g/mol. The number of halogens is 1. The molecule has 2 aliphatic rings. The number of fused-ring (bicyclic) bond motifs is 1. The van der Waals surface area contributed by atoms with Gasteiger partial charge in [0.2, 0.25) is 5.91 Å². The van der Waals surface area contributed by atoms with E-state index in [0.717, 1.165) is 0 Å². The number of amides is 1. The molecule has 1 N–H and O–H groups in total. The van der Waals surface area contributed by atoms with E-state index >= 15 is 0 Å². The van der Waals surface area contributed by atoms with Gasteiger partial charge in [-0.05, 0) is 31.2 Å². The molecular weight excluding hydrogens is 300 g/mol. The summed E-state index contributed by atoms with van der Waals surface area (Å²) in [4.78, 5) is 14.0. The van der Waals surface area contributed by atoms with E-state index in [1.54, 1.807) is 36.1 Å². The lowest BCUT2D eigenvalue weighted by Gasteiger charge is -2.40. The van der Waals surface area contributed by atoms with Gasteiger partial charge in [-0.25, -0.2) is 8.42 Å². The number of benzene rings is 1. The first-order valence-corrected chi connectivity index (χ1v) is 8.62. The highest BCUT2D eigenvalue weighted by Crippen LogP contribution is 2.29. The summed E-state index contributed by atoms with van der Waals surface area (Å²) in [5.41, 5.74) is 0.694. The number of sulfone groups is 1. The van der Waals surface area contributed by atoms with Gasteiger partial charge in [0.05, 0.1) is 23.6 Å². The predicted molar refractivity (Wildman–Crippen MR) is 77.8 cm³/mol. The highest BCUT2D eigenvalue weighted by atomic mass is 35.5. The lowest BCUT2D eigenvalue weighted by molar-refractivity contribution is -0.122. The highest BCUT2D eigenvalue weighted by molar-refractivity contribution is 7.91. The fourth-order valence-corrected chi connectivity index (χ4v) is 4.96. The Morgan fingerprint density at radius 2 is 1.90 bits per heavy atom. The van der Waals surface area contributed by atoms with Crippen molar-refractivity contribution in [1.82, 2.24) is 5.32 Å². The van der Waals surface area contributed by atoms with Crippen LogP contribution in [0.2, 0.25) is 5.02 Å². The number of piperazine rings is 1. The third-order valence-corrected chi connectivity index (χ3v) is 5.80. The second kappa shape index (κ2) is 4.72. The molecule has 0 unspecified atom stereocenters. The van der Waals surface area contributed by atoms with E-state index in [2.05, 4.69) is 5.32 Å². The van der Waals surface area contributed by atoms with Crippen molar-refractivity contribution >= 4 is 33.0 Å². The number of hydrogen-bond acceptors (Lipinski definition) is 4. The molecule has 2 heterocycles. The molecule has 2 aliphatic heterocycles. The molecule has 108 valence electrons. The van der Waals surface area contributed by atoms with Gasteiger partial charge >= 0.3 is 0 Å². The van der Waals surface area contributed by atoms with Crippen molar-refractivity contribution in [2.75, 3.05) is 16.4 Å². The first-order chi connectivity index (χ1) is 9.37. The van der Waals surface area contributed by atoms with Crippen LogP contribution in [0.15, 0.2) is 24.3 Å². The maximum atomic E-state index is 12.4. The van der Waals surface area contributed by atoms with E-state index in [1.165, 1.54) is 0 Å². The smallest absolute Gasteiger partial charge is 0.244 e. The van der Waals surface area contributed by atoms with Gasteiger partial charge in [0.25, 0.3) is 0 Å². The number of hydrogen-bond donors (Lipinski definition) is 1. The Hall–Kier alpha value is -1.11. The van der Waals surface area contributed by atoms with Gasteiger partial charge in [0, 0.05) is 16.8 Å². The normalized spacial score (nSPS) is 32.2. The quantitative estimate of drug-likeness (QED) is 0.834. The van der Waals surface area contributed by atoms with Crippen LogP contribution in [0.1, 0.15) is 6.92 Å². The zero-order valence-electron chi connectivity index (χ0n) is 10.9. The van der Waals surface area contributed by atoms with Crippen LogP contribution >= 0.6 is 11.6 Å². The molecule has 1 amide bonds. The number of nitrogens with one attached hydrogen (secondary N) is 1. The van der Waals surface area contributed by atoms with E-state index in [1.807, 2.05) is 0 Å². The topological polar surface area (TPSA) is 66.5 Å². The lowest BCUT2D eigenvalue weighted by atomic mass is 10.0. The van der Waals surface area contributed by atoms with Crippen molar-refractivity contribution in [2.45, 2.75) is 25.0 Å². The number of rotatable bonds is 1. The zero-order chi connectivity index (χ0) is 14.5. The van der Waals surface area contributed by atoms with E-state index in [9.17, 15) is 13.2 Å². The van der Waals surface area contributed by atoms with Crippen LogP contribution in [0.5, 0.6) is 0 Å². The van der Waals surface area contributed by atoms with Crippen LogP contribution in [0.4, 0.5) is 5.69 Å². The van der Waals surface area contributed by atoms with Crippen LogP contribution in [0.25, 0.3) is 0 Å². The average Bonchev–Trinajstić information content (AvgIpc) is 2.66. The molecule has 5 nitrogen and oxygen atoms in total. The molecule has 0 aliphatic carbocycles. The van der Waals surface area contributed by atoms with Gasteiger partial charge in [-0.15, -0.1) is 0 Å². The largest absolute Gasteiger partial charge is 0.305 e. The summed E-state index contributed by atoms with van der Waals surface area (Å²) in [6.07, 6.45) is 0. The van der Waals surface area contributed by atoms with Gasteiger partial charge in [-0.3, -0.25) is 4.79 Å². The molecule has 3 atom stereocenters. The third-order valence-electron chi connectivity index (χ3n) is 3.83. The number of carbonyl (C=O) groups is 1. The van der Waals surface area contributed by atoms with Crippen molar-refractivity contribution in [1.29, 1.82) is 0 Å². The first-order valence-electron chi connectivity index (χ1n) is 6.42. The van der Waals surface area contributed by atoms with Crippen molar-refractivity contribution in [3.63, 3.8) is 0 Å². The van der Waals surface area contributed by atoms with Gasteiger partial charge in [-0.1, -0.05) is 11.6 Å². The molecular formula is C13H15ClN2O3S. The lowest BCUT2D eigenvalue weighted by Crippen LogP contribution is -2.64. The second-order valence-corrected chi connectivity index (χ2v) is 7.91. The summed E-state index contributed by atoms with van der Waals surface area (Å²) in [7, 11) is -3.11. The van der Waals surface area contributed by atoms with Gasteiger partial charge in [-0.2, -0.15) is 0 Å². The van der Waals surface area contributed by atoms with Crippen LogP contribution in [0, 0.1) is 0 Å². The molecule has 0 bridgehead atoms. The van der Waals surface area contributed by atoms with E-state index in [-0.39, 0.29) is 35.5 Å². The minimum absolute atomic E-state index is 0.00571. The number of carbonyl (C=O) groups excluding carboxylic acids is 1. The third kappa shape index (κ3) is 2.32. The van der Waals surface area contributed by atoms with Crippen LogP contribution < -0.4 is 10.2 Å². The molecule has 2 saturated heterocycles. The van der Waals surface area contributed by atoms with Gasteiger partial charge in [0.1, 0.15) is 0 Å². The molecule has 3 rings (SSSR count). The Morgan fingerprint density at radius 1 is 1.25 bits per heavy atom. The molecule has 0 aromatic heterocycles. The Balaban J connectivity index is 2.01. The standard InChI is InChI=1S/C13H15ClN2O3S/c1-8-13(17)16(10-4-2-9(14)3-5-10)12-7-20(18,19)6-11(12)15-8/h2-5,8,11-12,15H,6-7H2,1H3/t8-,11+,12-/m0/s1. The molecule has 0 spiro atoms. The number of anilines is 1. The van der Waals surface area contributed by atoms with E-state index in [4.69, 9.17) is 11.6 Å². The second-order valence-electron chi connectivity index (χ2n) is 5.32. The Labute approximate surface area is 122 Å². The van der Waals surface area contributed by atoms with E-state index < -0.39 is 9.84 Å². The van der Waals surface area contributed by atoms with Crippen LogP contribution in [-0.4, -0.2) is 44.0 Å². The fourth-order valence-electron chi connectivity index (χ4n) is 2.93. The molecule has 1 aromatic rings. The summed E-state index contributed by atoms with van der Waals surface area (Å²) >= 11 is 5.86. The molecule has 2 fully saturated rings. The van der Waals surface area contributed by atoms with E-state index in [0.29, 0.717) is 10.7 Å². The van der Waals surface area contributed by atoms with Crippen molar-refractivity contribution in [2.24, 2.45) is 0 Å². The summed E-state index contributed by atoms with van der Waals surface area (Å²) in [6.45, 7) is 1.76. The Kier molecular flexibility index (Phi) is 3.27. The SMILES string of the molecule is C[C@@H]1N[C@@H]2CS(=O)(=O)C[C@@H]2N(c2ccc(Cl)cc2)C1=O. The maximum absolute atomic E-state index is 12.4. The Bertz CT molecular complexity index is 644. The van der Waals surface area contributed by atoms with Crippen LogP contribution in [0.3, 0.4) is 0 Å². The highest BCUT2D eigenvalue weighted by Gasteiger charge is 2.48. The fraction of sp³-hybridized carbons (Fsp3) is 0.462. The van der Waals surface area contributed by atoms with Crippen molar-refractivity contribution in [3.05, 3.63) is 29.3 Å². The van der Waals surface area contributed by atoms with Crippen molar-refractivity contribution in [3.8, 4) is 0 Å². The van der Waals surface area contributed by atoms with Crippen LogP contribution in [-0.2, 0) is 14.6 Å². The minimum Gasteiger partial charge on any atom is -0.305 e. The van der Waals surface area contributed by atoms with Gasteiger partial charge < -0.3 is 10.2 Å². The summed E-state index contributed by atoms with van der Waals surface area (Å²) in [6, 6.07) is 5.97. The zero-order valence-corrected chi connectivity index (χ0v) is 12.5. The predicted octanol–water partition coefficient (Wildman–Crippen LogP) is 0.830.